The molecular formula is C18H21N3O4S. The first-order valence-corrected chi connectivity index (χ1v) is 9.30. The topological polar surface area (TPSA) is 76.6 Å². The minimum atomic E-state index is -0.148. The van der Waals surface area contributed by atoms with E-state index in [0.717, 1.165) is 19.4 Å². The van der Waals surface area contributed by atoms with Crippen LogP contribution < -0.4 is 5.56 Å². The molecule has 1 aromatic heterocycles. The number of hydrogen-bond donors (Lipinski definition) is 1. The van der Waals surface area contributed by atoms with E-state index in [1.807, 2.05) is 0 Å². The first-order chi connectivity index (χ1) is 12.6. The van der Waals surface area contributed by atoms with Crippen LogP contribution in [0, 0.1) is 4.77 Å². The minimum Gasteiger partial charge on any atom is -0.378 e. The van der Waals surface area contributed by atoms with Crippen molar-refractivity contribution in [2.75, 3.05) is 32.9 Å². The van der Waals surface area contributed by atoms with Gasteiger partial charge >= 0.3 is 0 Å². The van der Waals surface area contributed by atoms with E-state index in [9.17, 15) is 9.59 Å². The summed E-state index contributed by atoms with van der Waals surface area (Å²) in [7, 11) is 0. The zero-order valence-electron chi connectivity index (χ0n) is 14.4. The number of rotatable bonds is 3. The summed E-state index contributed by atoms with van der Waals surface area (Å²) in [6.45, 7) is 3.45. The van der Waals surface area contributed by atoms with E-state index in [-0.39, 0.29) is 17.6 Å². The highest BCUT2D eigenvalue weighted by Gasteiger charge is 2.20. The number of H-pyrrole nitrogens is 1. The van der Waals surface area contributed by atoms with E-state index in [1.54, 1.807) is 27.7 Å². The molecule has 1 atom stereocenters. The molecule has 138 valence electrons. The van der Waals surface area contributed by atoms with E-state index < -0.39 is 0 Å². The summed E-state index contributed by atoms with van der Waals surface area (Å²) >= 11 is 5.38. The van der Waals surface area contributed by atoms with Crippen molar-refractivity contribution in [1.82, 2.24) is 14.5 Å². The van der Waals surface area contributed by atoms with Crippen LogP contribution in [0.2, 0.25) is 0 Å². The number of hydrogen-bond acceptors (Lipinski definition) is 5. The number of aromatic nitrogens is 2. The quantitative estimate of drug-likeness (QED) is 0.827. The largest absolute Gasteiger partial charge is 0.378 e. The molecular weight excluding hydrogens is 354 g/mol. The predicted molar refractivity (Wildman–Crippen MR) is 99.1 cm³/mol. The maximum Gasteiger partial charge on any atom is 0.262 e. The van der Waals surface area contributed by atoms with Crippen LogP contribution in [0.4, 0.5) is 0 Å². The molecule has 7 nitrogen and oxygen atoms in total. The van der Waals surface area contributed by atoms with E-state index in [4.69, 9.17) is 21.7 Å². The maximum atomic E-state index is 12.8. The SMILES string of the molecule is O=C(c1ccc2c(=O)n(C[C@@H]3CCCO3)c(=S)[nH]c2c1)N1CCOCC1. The first kappa shape index (κ1) is 17.4. The van der Waals surface area contributed by atoms with Gasteiger partial charge in [0.15, 0.2) is 4.77 Å². The van der Waals surface area contributed by atoms with Gasteiger partial charge in [-0.25, -0.2) is 0 Å². The summed E-state index contributed by atoms with van der Waals surface area (Å²) in [6, 6.07) is 5.11. The van der Waals surface area contributed by atoms with Crippen molar-refractivity contribution in [2.24, 2.45) is 0 Å². The average Bonchev–Trinajstić information content (AvgIpc) is 3.18. The number of nitrogens with zero attached hydrogens (tertiary/aromatic N) is 2. The van der Waals surface area contributed by atoms with Crippen LogP contribution in [-0.4, -0.2) is 59.4 Å². The smallest absolute Gasteiger partial charge is 0.262 e. The van der Waals surface area contributed by atoms with E-state index in [2.05, 4.69) is 4.98 Å². The molecule has 0 bridgehead atoms. The van der Waals surface area contributed by atoms with Crippen LogP contribution in [-0.2, 0) is 16.0 Å². The molecule has 0 spiro atoms. The lowest BCUT2D eigenvalue weighted by atomic mass is 10.1. The highest BCUT2D eigenvalue weighted by molar-refractivity contribution is 7.71. The zero-order chi connectivity index (χ0) is 18.1. The molecule has 0 radical (unpaired) electrons. The summed E-state index contributed by atoms with van der Waals surface area (Å²) in [5, 5.41) is 0.523. The summed E-state index contributed by atoms with van der Waals surface area (Å²) in [4.78, 5) is 30.3. The fourth-order valence-electron chi connectivity index (χ4n) is 3.49. The van der Waals surface area contributed by atoms with Gasteiger partial charge in [0, 0.05) is 25.3 Å². The van der Waals surface area contributed by atoms with Crippen molar-refractivity contribution in [3.63, 3.8) is 0 Å². The van der Waals surface area contributed by atoms with Crippen molar-refractivity contribution >= 4 is 29.0 Å². The lowest BCUT2D eigenvalue weighted by Gasteiger charge is -2.26. The number of benzene rings is 1. The second-order valence-electron chi connectivity index (χ2n) is 6.65. The minimum absolute atomic E-state index is 0.0300. The van der Waals surface area contributed by atoms with E-state index >= 15 is 0 Å². The van der Waals surface area contributed by atoms with Crippen LogP contribution in [0.25, 0.3) is 10.9 Å². The molecule has 2 saturated heterocycles. The number of amides is 1. The van der Waals surface area contributed by atoms with Gasteiger partial charge in [-0.2, -0.15) is 0 Å². The van der Waals surface area contributed by atoms with Gasteiger partial charge in [-0.3, -0.25) is 14.2 Å². The van der Waals surface area contributed by atoms with Gasteiger partial charge in [-0.05, 0) is 43.3 Å². The van der Waals surface area contributed by atoms with Gasteiger partial charge in [0.05, 0.1) is 36.8 Å². The van der Waals surface area contributed by atoms with Crippen molar-refractivity contribution in [1.29, 1.82) is 0 Å². The standard InChI is InChI=1S/C18H21N3O4S/c22-16(20-5-8-24-9-6-20)12-3-4-14-15(10-12)19-18(26)21(17(14)23)11-13-2-1-7-25-13/h3-4,10,13H,1-2,5-9,11H2,(H,19,26)/t13-/m0/s1. The molecule has 3 heterocycles. The van der Waals surface area contributed by atoms with Crippen molar-refractivity contribution in [2.45, 2.75) is 25.5 Å². The number of nitrogens with one attached hydrogen (secondary N) is 1. The van der Waals surface area contributed by atoms with E-state index in [1.165, 1.54) is 0 Å². The Balaban J connectivity index is 1.67. The molecule has 8 heteroatoms. The molecule has 1 amide bonds. The Morgan fingerprint density at radius 1 is 1.27 bits per heavy atom. The third kappa shape index (κ3) is 3.32. The molecule has 0 aliphatic carbocycles. The summed E-state index contributed by atoms with van der Waals surface area (Å²) in [5.41, 5.74) is 0.980. The highest BCUT2D eigenvalue weighted by Crippen LogP contribution is 2.16. The Bertz CT molecular complexity index is 940. The second kappa shape index (κ2) is 7.30. The third-order valence-corrected chi connectivity index (χ3v) is 5.26. The number of carbonyl (C=O) groups is 1. The predicted octanol–water partition coefficient (Wildman–Crippen LogP) is 1.71. The Hall–Kier alpha value is -2.03. The summed E-state index contributed by atoms with van der Waals surface area (Å²) in [6.07, 6.45) is 1.98. The molecule has 0 unspecified atom stereocenters. The fraction of sp³-hybridized carbons (Fsp3) is 0.500. The van der Waals surface area contributed by atoms with Crippen LogP contribution in [0.1, 0.15) is 23.2 Å². The molecule has 2 aliphatic heterocycles. The van der Waals surface area contributed by atoms with Crippen molar-refractivity contribution < 1.29 is 14.3 Å². The molecule has 2 aromatic rings. The maximum absolute atomic E-state index is 12.8. The third-order valence-electron chi connectivity index (χ3n) is 4.94. The van der Waals surface area contributed by atoms with Crippen molar-refractivity contribution in [3.8, 4) is 0 Å². The molecule has 4 rings (SSSR count). The van der Waals surface area contributed by atoms with Crippen LogP contribution >= 0.6 is 12.2 Å². The van der Waals surface area contributed by atoms with Gasteiger partial charge in [0.25, 0.3) is 11.5 Å². The lowest BCUT2D eigenvalue weighted by Crippen LogP contribution is -2.40. The van der Waals surface area contributed by atoms with Crippen LogP contribution in [0.3, 0.4) is 0 Å². The number of morpholine rings is 1. The Kier molecular flexibility index (Phi) is 4.88. The van der Waals surface area contributed by atoms with Gasteiger partial charge in [0.1, 0.15) is 0 Å². The Morgan fingerprint density at radius 3 is 2.81 bits per heavy atom. The first-order valence-electron chi connectivity index (χ1n) is 8.89. The average molecular weight is 375 g/mol. The Labute approximate surface area is 155 Å². The molecule has 2 fully saturated rings. The number of fused-ring (bicyclic) bond motifs is 1. The summed E-state index contributed by atoms with van der Waals surface area (Å²) in [5.74, 6) is -0.0574. The second-order valence-corrected chi connectivity index (χ2v) is 7.03. The van der Waals surface area contributed by atoms with Gasteiger partial charge in [0.2, 0.25) is 0 Å². The van der Waals surface area contributed by atoms with Gasteiger partial charge in [-0.15, -0.1) is 0 Å². The zero-order valence-corrected chi connectivity index (χ0v) is 15.2. The number of carbonyl (C=O) groups excluding carboxylic acids is 1. The van der Waals surface area contributed by atoms with Crippen molar-refractivity contribution in [3.05, 3.63) is 38.9 Å². The fourth-order valence-corrected chi connectivity index (χ4v) is 3.76. The van der Waals surface area contributed by atoms with Gasteiger partial charge < -0.3 is 19.4 Å². The lowest BCUT2D eigenvalue weighted by molar-refractivity contribution is 0.0303. The van der Waals surface area contributed by atoms with Gasteiger partial charge in [-0.1, -0.05) is 0 Å². The Morgan fingerprint density at radius 2 is 2.08 bits per heavy atom. The highest BCUT2D eigenvalue weighted by atomic mass is 32.1. The number of ether oxygens (including phenoxy) is 2. The molecule has 26 heavy (non-hydrogen) atoms. The monoisotopic (exact) mass is 375 g/mol. The van der Waals surface area contributed by atoms with Crippen LogP contribution in [0.5, 0.6) is 0 Å². The molecule has 2 aliphatic rings. The number of aromatic amines is 1. The van der Waals surface area contributed by atoms with Crippen LogP contribution in [0.15, 0.2) is 23.0 Å². The molecule has 0 saturated carbocycles. The normalized spacial score (nSPS) is 20.6. The van der Waals surface area contributed by atoms with E-state index in [0.29, 0.717) is 54.1 Å². The summed E-state index contributed by atoms with van der Waals surface area (Å²) < 4.78 is 12.8. The molecule has 1 aromatic carbocycles. The molecule has 1 N–H and O–H groups in total.